The lowest BCUT2D eigenvalue weighted by Gasteiger charge is -2.21. The van der Waals surface area contributed by atoms with Crippen molar-refractivity contribution in [3.8, 4) is 0 Å². The van der Waals surface area contributed by atoms with Crippen molar-refractivity contribution < 1.29 is 80.2 Å². The quantitative estimate of drug-likeness (QED) is 0.0169. The fraction of sp³-hybridized carbons (Fsp3) is 0.735. The smallest absolute Gasteiger partial charge is 0.462 e. The Hall–Kier alpha value is -4.28. The van der Waals surface area contributed by atoms with E-state index in [2.05, 4.69) is 137 Å². The first-order valence-electron chi connectivity index (χ1n) is 40.1. The molecule has 0 aromatic carbocycles. The third-order valence-electron chi connectivity index (χ3n) is 16.7. The van der Waals surface area contributed by atoms with Crippen LogP contribution >= 0.6 is 15.6 Å². The molecule has 0 aliphatic heterocycles. The summed E-state index contributed by atoms with van der Waals surface area (Å²) >= 11 is 0. The molecule has 0 aromatic rings. The number of rotatable bonds is 75. The molecule has 102 heavy (non-hydrogen) atoms. The fourth-order valence-corrected chi connectivity index (χ4v) is 12.2. The number of unbranched alkanes of at least 4 members (excludes halogenated alkanes) is 31. The minimum atomic E-state index is -4.99. The summed E-state index contributed by atoms with van der Waals surface area (Å²) in [6.07, 6.45) is 80.6. The monoisotopic (exact) mass is 1470 g/mol. The molecule has 0 aliphatic carbocycles. The van der Waals surface area contributed by atoms with Crippen molar-refractivity contribution in [2.45, 2.75) is 354 Å². The molecule has 19 heteroatoms. The lowest BCUT2D eigenvalue weighted by molar-refractivity contribution is -0.161. The lowest BCUT2D eigenvalue weighted by Crippen LogP contribution is -2.30. The SMILES string of the molecule is CC/C=C\C/C=C\C/C=C\C/C=C\CCCCCCC(=O)OCC(COP(=O)(O)OCC(O)COP(=O)(O)OCC(COC(=O)CCCCCCC/C=C\C/C=C\C/C=C\CC)OC(=O)CCCCCCC/C=C\CCCCCCCC)OC(=O)CCCCCCC/C=C\CCCCCCCC. The number of carbonyl (C=O) groups excluding carboxylic acids is 4. The van der Waals surface area contributed by atoms with Crippen molar-refractivity contribution in [2.75, 3.05) is 39.6 Å². The molecule has 0 fully saturated rings. The Morgan fingerprint density at radius 2 is 0.510 bits per heavy atom. The van der Waals surface area contributed by atoms with E-state index in [1.54, 1.807) is 0 Å². The first kappa shape index (κ1) is 97.7. The molecule has 0 aliphatic rings. The number of hydrogen-bond donors (Lipinski definition) is 3. The Kier molecular flexibility index (Phi) is 71.8. The number of carbonyl (C=O) groups is 4. The number of phosphoric ester groups is 2. The van der Waals surface area contributed by atoms with Crippen molar-refractivity contribution >= 4 is 39.5 Å². The van der Waals surface area contributed by atoms with Gasteiger partial charge < -0.3 is 33.8 Å². The Labute approximate surface area is 619 Å². The molecule has 5 atom stereocenters. The zero-order valence-corrected chi connectivity index (χ0v) is 66.0. The zero-order valence-electron chi connectivity index (χ0n) is 64.3. The molecule has 5 unspecified atom stereocenters. The van der Waals surface area contributed by atoms with E-state index in [0.717, 1.165) is 180 Å². The van der Waals surface area contributed by atoms with Crippen molar-refractivity contribution in [1.29, 1.82) is 0 Å². The van der Waals surface area contributed by atoms with E-state index in [1.165, 1.54) is 77.0 Å². The highest BCUT2D eigenvalue weighted by Gasteiger charge is 2.30. The predicted octanol–water partition coefficient (Wildman–Crippen LogP) is 23.3. The van der Waals surface area contributed by atoms with Gasteiger partial charge in [-0.2, -0.15) is 0 Å². The van der Waals surface area contributed by atoms with Gasteiger partial charge in [0.25, 0.3) is 0 Å². The third kappa shape index (κ3) is 74.0. The molecule has 0 saturated carbocycles. The van der Waals surface area contributed by atoms with E-state index in [4.69, 9.17) is 37.0 Å². The first-order valence-corrected chi connectivity index (χ1v) is 43.1. The number of hydrogen-bond acceptors (Lipinski definition) is 15. The predicted molar refractivity (Wildman–Crippen MR) is 418 cm³/mol. The summed E-state index contributed by atoms with van der Waals surface area (Å²) in [5.74, 6) is -2.23. The summed E-state index contributed by atoms with van der Waals surface area (Å²) in [5.41, 5.74) is 0. The Balaban J connectivity index is 5.40. The van der Waals surface area contributed by atoms with Gasteiger partial charge in [0.05, 0.1) is 26.4 Å². The van der Waals surface area contributed by atoms with Crippen LogP contribution in [-0.2, 0) is 65.4 Å². The van der Waals surface area contributed by atoms with Gasteiger partial charge in [0.1, 0.15) is 19.3 Å². The largest absolute Gasteiger partial charge is 0.472 e. The molecule has 0 spiro atoms. The fourth-order valence-electron chi connectivity index (χ4n) is 10.6. The highest BCUT2D eigenvalue weighted by atomic mass is 31.2. The summed E-state index contributed by atoms with van der Waals surface area (Å²) in [4.78, 5) is 73.0. The number of ether oxygens (including phenoxy) is 4. The van der Waals surface area contributed by atoms with Crippen LogP contribution in [0.25, 0.3) is 0 Å². The second-order valence-electron chi connectivity index (χ2n) is 26.6. The second kappa shape index (κ2) is 75.0. The van der Waals surface area contributed by atoms with E-state index < -0.39 is 97.5 Å². The number of aliphatic hydroxyl groups is 1. The van der Waals surface area contributed by atoms with Crippen LogP contribution in [0, 0.1) is 0 Å². The van der Waals surface area contributed by atoms with E-state index in [9.17, 15) is 43.2 Å². The highest BCUT2D eigenvalue weighted by molar-refractivity contribution is 7.47. The van der Waals surface area contributed by atoms with E-state index >= 15 is 0 Å². The van der Waals surface area contributed by atoms with Gasteiger partial charge in [-0.15, -0.1) is 0 Å². The van der Waals surface area contributed by atoms with Gasteiger partial charge in [-0.3, -0.25) is 37.3 Å². The summed E-state index contributed by atoms with van der Waals surface area (Å²) in [7, 11) is -9.97. The summed E-state index contributed by atoms with van der Waals surface area (Å²) in [6.45, 7) is 4.61. The molecule has 0 aromatic heterocycles. The maximum Gasteiger partial charge on any atom is 0.472 e. The molecule has 0 amide bonds. The number of aliphatic hydroxyl groups excluding tert-OH is 1. The molecule has 0 saturated heterocycles. The average Bonchev–Trinajstić information content (AvgIpc) is 0.923. The third-order valence-corrected chi connectivity index (χ3v) is 18.6. The standard InChI is InChI=1S/C83H144O17P2/c1-5-9-13-17-21-25-29-33-37-38-42-44-48-52-56-60-64-68-81(86)94-74-79(100-83(88)70-66-62-58-54-50-46-41-36-32-28-24-20-16-12-8-4)76-98-102(91,92)96-72-77(84)71-95-101(89,90)97-75-78(99-82(87)69-65-61-57-53-49-45-40-35-31-27-23-19-15-11-7-3)73-93-80(85)67-63-59-55-51-47-43-39-34-30-26-22-18-14-10-6-2/h9-10,13-14,21-22,25-26,33-37,39-42,44,77-79,84H,5-8,11-12,15-20,23-24,27-32,38,43,45-76H2,1-4H3,(H,89,90)(H,91,92)/b13-9-,14-10-,25-21-,26-22-,37-33-,39-34-,40-35-,41-36-,44-42-. The topological polar surface area (TPSA) is 237 Å². The summed E-state index contributed by atoms with van der Waals surface area (Å²) in [6, 6.07) is 0. The molecule has 17 nitrogen and oxygen atoms in total. The molecular weight excluding hydrogens is 1330 g/mol. The average molecular weight is 1480 g/mol. The minimum absolute atomic E-state index is 0.0785. The van der Waals surface area contributed by atoms with Gasteiger partial charge in [0.15, 0.2) is 12.2 Å². The van der Waals surface area contributed by atoms with Gasteiger partial charge in [-0.25, -0.2) is 9.13 Å². The Morgan fingerprint density at radius 3 is 0.794 bits per heavy atom. The van der Waals surface area contributed by atoms with Crippen molar-refractivity contribution in [3.05, 3.63) is 109 Å². The van der Waals surface area contributed by atoms with E-state index in [-0.39, 0.29) is 25.7 Å². The van der Waals surface area contributed by atoms with E-state index in [0.29, 0.717) is 25.7 Å². The molecule has 0 bridgehead atoms. The van der Waals surface area contributed by atoms with Gasteiger partial charge in [-0.1, -0.05) is 272 Å². The van der Waals surface area contributed by atoms with Crippen molar-refractivity contribution in [2.24, 2.45) is 0 Å². The minimum Gasteiger partial charge on any atom is -0.462 e. The van der Waals surface area contributed by atoms with Crippen LogP contribution in [0.3, 0.4) is 0 Å². The van der Waals surface area contributed by atoms with Crippen LogP contribution in [-0.4, -0.2) is 96.7 Å². The summed E-state index contributed by atoms with van der Waals surface area (Å²) in [5, 5.41) is 10.6. The zero-order chi connectivity index (χ0) is 74.6. The Bertz CT molecular complexity index is 2360. The van der Waals surface area contributed by atoms with E-state index in [1.807, 2.05) is 0 Å². The number of allylic oxidation sites excluding steroid dienone is 18. The molecule has 0 heterocycles. The highest BCUT2D eigenvalue weighted by Crippen LogP contribution is 2.45. The van der Waals surface area contributed by atoms with Crippen molar-refractivity contribution in [3.63, 3.8) is 0 Å². The Morgan fingerprint density at radius 1 is 0.284 bits per heavy atom. The van der Waals surface area contributed by atoms with Gasteiger partial charge in [-0.05, 0) is 148 Å². The molecule has 3 N–H and O–H groups in total. The summed E-state index contributed by atoms with van der Waals surface area (Å²) < 4.78 is 68.6. The molecular formula is C83H144O17P2. The number of esters is 4. The van der Waals surface area contributed by atoms with Crippen LogP contribution in [0.2, 0.25) is 0 Å². The molecule has 588 valence electrons. The van der Waals surface area contributed by atoms with Crippen LogP contribution in [0.5, 0.6) is 0 Å². The van der Waals surface area contributed by atoms with Gasteiger partial charge in [0, 0.05) is 25.7 Å². The van der Waals surface area contributed by atoms with Crippen LogP contribution in [0.4, 0.5) is 0 Å². The van der Waals surface area contributed by atoms with Crippen LogP contribution < -0.4 is 0 Å². The normalized spacial score (nSPS) is 14.5. The van der Waals surface area contributed by atoms with Crippen molar-refractivity contribution in [1.82, 2.24) is 0 Å². The molecule has 0 rings (SSSR count). The van der Waals surface area contributed by atoms with Crippen LogP contribution in [0.15, 0.2) is 109 Å². The molecule has 0 radical (unpaired) electrons. The van der Waals surface area contributed by atoms with Crippen LogP contribution in [0.1, 0.15) is 336 Å². The second-order valence-corrected chi connectivity index (χ2v) is 29.5. The van der Waals surface area contributed by atoms with Gasteiger partial charge in [0.2, 0.25) is 0 Å². The maximum absolute atomic E-state index is 13.1. The maximum atomic E-state index is 13.1. The lowest BCUT2D eigenvalue weighted by atomic mass is 10.1. The first-order chi connectivity index (χ1) is 49.7. The number of phosphoric acid groups is 2. The van der Waals surface area contributed by atoms with Gasteiger partial charge >= 0.3 is 39.5 Å².